The van der Waals surface area contributed by atoms with Crippen LogP contribution in [0.1, 0.15) is 20.8 Å². The first-order valence-corrected chi connectivity index (χ1v) is 5.92. The zero-order valence-corrected chi connectivity index (χ0v) is 10.9. The maximum atomic E-state index is 5.82. The minimum absolute atomic E-state index is 0.0608. The fourth-order valence-corrected chi connectivity index (χ4v) is 1.63. The molecule has 2 rings (SSSR count). The Morgan fingerprint density at radius 1 is 1.06 bits per heavy atom. The second kappa shape index (κ2) is 4.64. The number of nitrogen functional groups attached to an aromatic ring is 1. The predicted octanol–water partition coefficient (Wildman–Crippen LogP) is 2.94. The molecule has 0 spiro atoms. The minimum atomic E-state index is -0.0608. The highest BCUT2D eigenvalue weighted by Gasteiger charge is 2.12. The highest BCUT2D eigenvalue weighted by atomic mass is 15.1. The van der Waals surface area contributed by atoms with Gasteiger partial charge in [-0.3, -0.25) is 0 Å². The molecule has 0 fully saturated rings. The van der Waals surface area contributed by atoms with Crippen molar-refractivity contribution in [2.45, 2.75) is 26.3 Å². The topological polar surface area (TPSA) is 63.8 Å². The second-order valence-electron chi connectivity index (χ2n) is 5.24. The first-order valence-electron chi connectivity index (χ1n) is 5.92. The van der Waals surface area contributed by atoms with Gasteiger partial charge in [0.1, 0.15) is 11.6 Å². The molecule has 0 atom stereocenters. The second-order valence-corrected chi connectivity index (χ2v) is 5.24. The Morgan fingerprint density at radius 2 is 1.72 bits per heavy atom. The van der Waals surface area contributed by atoms with E-state index in [4.69, 9.17) is 5.73 Å². The van der Waals surface area contributed by atoms with Crippen LogP contribution in [-0.4, -0.2) is 15.5 Å². The molecule has 0 unspecified atom stereocenters. The Hall–Kier alpha value is -2.10. The highest BCUT2D eigenvalue weighted by Crippen LogP contribution is 2.20. The van der Waals surface area contributed by atoms with E-state index < -0.39 is 0 Å². The molecule has 94 valence electrons. The average molecular weight is 242 g/mol. The Labute approximate surface area is 107 Å². The molecule has 18 heavy (non-hydrogen) atoms. The fraction of sp³-hybridized carbons (Fsp3) is 0.286. The summed E-state index contributed by atoms with van der Waals surface area (Å²) in [4.78, 5) is 8.75. The summed E-state index contributed by atoms with van der Waals surface area (Å²) in [5.74, 6) is 1.85. The van der Waals surface area contributed by atoms with Crippen molar-refractivity contribution in [2.24, 2.45) is 0 Å². The number of nitrogens with one attached hydrogen (secondary N) is 1. The van der Waals surface area contributed by atoms with Crippen molar-refractivity contribution in [2.75, 3.05) is 11.1 Å². The summed E-state index contributed by atoms with van der Waals surface area (Å²) in [6, 6.07) is 11.6. The molecule has 0 amide bonds. The summed E-state index contributed by atoms with van der Waals surface area (Å²) in [6.45, 7) is 6.23. The smallest absolute Gasteiger partial charge is 0.163 e. The van der Waals surface area contributed by atoms with Gasteiger partial charge in [0.05, 0.1) is 0 Å². The van der Waals surface area contributed by atoms with Gasteiger partial charge in [0.15, 0.2) is 5.82 Å². The highest BCUT2D eigenvalue weighted by molar-refractivity contribution is 5.60. The van der Waals surface area contributed by atoms with E-state index >= 15 is 0 Å². The number of hydrogen-bond acceptors (Lipinski definition) is 4. The number of rotatable bonds is 2. The van der Waals surface area contributed by atoms with E-state index in [1.807, 2.05) is 30.3 Å². The molecule has 4 nitrogen and oxygen atoms in total. The molecule has 4 heteroatoms. The molecule has 0 aliphatic carbocycles. The Kier molecular flexibility index (Phi) is 3.19. The number of anilines is 2. The number of hydrogen-bond donors (Lipinski definition) is 2. The van der Waals surface area contributed by atoms with Gasteiger partial charge in [0.25, 0.3) is 0 Å². The third-order valence-corrected chi connectivity index (χ3v) is 2.28. The van der Waals surface area contributed by atoms with Crippen molar-refractivity contribution in [3.63, 3.8) is 0 Å². The molecule has 0 bridgehead atoms. The molecule has 1 aromatic carbocycles. The summed E-state index contributed by atoms with van der Waals surface area (Å²) in [5, 5.41) is 3.30. The van der Waals surface area contributed by atoms with Crippen LogP contribution < -0.4 is 11.1 Å². The number of nitrogens with two attached hydrogens (primary N) is 1. The number of benzene rings is 1. The van der Waals surface area contributed by atoms with Crippen molar-refractivity contribution in [3.05, 3.63) is 36.4 Å². The molecule has 0 aliphatic rings. The van der Waals surface area contributed by atoms with Gasteiger partial charge >= 0.3 is 0 Å². The van der Waals surface area contributed by atoms with Crippen LogP contribution in [0.4, 0.5) is 11.6 Å². The summed E-state index contributed by atoms with van der Waals surface area (Å²) in [6.07, 6.45) is 0. The van der Waals surface area contributed by atoms with Crippen LogP contribution in [0.5, 0.6) is 0 Å². The number of aromatic nitrogens is 2. The van der Waals surface area contributed by atoms with E-state index in [1.54, 1.807) is 6.07 Å². The van der Waals surface area contributed by atoms with E-state index in [9.17, 15) is 0 Å². The molecular weight excluding hydrogens is 224 g/mol. The maximum Gasteiger partial charge on any atom is 0.163 e. The van der Waals surface area contributed by atoms with Gasteiger partial charge in [-0.2, -0.15) is 0 Å². The summed E-state index contributed by atoms with van der Waals surface area (Å²) >= 11 is 0. The molecule has 1 heterocycles. The quantitative estimate of drug-likeness (QED) is 0.849. The zero-order chi connectivity index (χ0) is 13.2. The molecule has 0 aliphatic heterocycles. The van der Waals surface area contributed by atoms with Crippen molar-refractivity contribution in [3.8, 4) is 11.4 Å². The first-order chi connectivity index (χ1) is 8.44. The predicted molar refractivity (Wildman–Crippen MR) is 75.3 cm³/mol. The van der Waals surface area contributed by atoms with Crippen LogP contribution in [-0.2, 0) is 0 Å². The monoisotopic (exact) mass is 242 g/mol. The minimum Gasteiger partial charge on any atom is -0.384 e. The van der Waals surface area contributed by atoms with E-state index in [0.717, 1.165) is 11.4 Å². The Balaban J connectivity index is 2.39. The summed E-state index contributed by atoms with van der Waals surface area (Å²) in [5.41, 5.74) is 6.72. The van der Waals surface area contributed by atoms with Gasteiger partial charge in [-0.1, -0.05) is 30.3 Å². The lowest BCUT2D eigenvalue weighted by molar-refractivity contribution is 0.630. The van der Waals surface area contributed by atoms with Crippen LogP contribution in [0.15, 0.2) is 36.4 Å². The third kappa shape index (κ3) is 3.20. The maximum absolute atomic E-state index is 5.82. The largest absolute Gasteiger partial charge is 0.384 e. The Bertz CT molecular complexity index is 529. The van der Waals surface area contributed by atoms with Crippen LogP contribution in [0.3, 0.4) is 0 Å². The van der Waals surface area contributed by atoms with E-state index in [-0.39, 0.29) is 5.54 Å². The van der Waals surface area contributed by atoms with Crippen molar-refractivity contribution in [1.29, 1.82) is 0 Å². The summed E-state index contributed by atoms with van der Waals surface area (Å²) < 4.78 is 0. The average Bonchev–Trinajstić information content (AvgIpc) is 2.27. The molecule has 3 N–H and O–H groups in total. The molecule has 0 saturated heterocycles. The van der Waals surface area contributed by atoms with E-state index in [2.05, 4.69) is 36.1 Å². The SMILES string of the molecule is CC(C)(C)Nc1cc(N)nc(-c2ccccc2)n1. The lowest BCUT2D eigenvalue weighted by Crippen LogP contribution is -2.26. The van der Waals surface area contributed by atoms with Crippen LogP contribution >= 0.6 is 0 Å². The molecule has 0 radical (unpaired) electrons. The van der Waals surface area contributed by atoms with Crippen LogP contribution in [0.2, 0.25) is 0 Å². The standard InChI is InChI=1S/C14H18N4/c1-14(2,3)18-12-9-11(15)16-13(17-12)10-7-5-4-6-8-10/h4-9H,1-3H3,(H3,15,16,17,18). The van der Waals surface area contributed by atoms with Crippen molar-refractivity contribution >= 4 is 11.6 Å². The van der Waals surface area contributed by atoms with Gasteiger partial charge in [0.2, 0.25) is 0 Å². The lowest BCUT2D eigenvalue weighted by Gasteiger charge is -2.21. The van der Waals surface area contributed by atoms with E-state index in [0.29, 0.717) is 11.6 Å². The third-order valence-electron chi connectivity index (χ3n) is 2.28. The van der Waals surface area contributed by atoms with Gasteiger partial charge < -0.3 is 11.1 Å². The molecule has 1 aromatic heterocycles. The first kappa shape index (κ1) is 12.4. The lowest BCUT2D eigenvalue weighted by atomic mass is 10.1. The van der Waals surface area contributed by atoms with Gasteiger partial charge in [-0.05, 0) is 20.8 Å². The van der Waals surface area contributed by atoms with Gasteiger partial charge in [-0.15, -0.1) is 0 Å². The van der Waals surface area contributed by atoms with Crippen LogP contribution in [0.25, 0.3) is 11.4 Å². The summed E-state index contributed by atoms with van der Waals surface area (Å²) in [7, 11) is 0. The number of nitrogens with zero attached hydrogens (tertiary/aromatic N) is 2. The molecule has 2 aromatic rings. The van der Waals surface area contributed by atoms with E-state index in [1.165, 1.54) is 0 Å². The van der Waals surface area contributed by atoms with Gasteiger partial charge in [-0.25, -0.2) is 9.97 Å². The Morgan fingerprint density at radius 3 is 2.33 bits per heavy atom. The molecule has 0 saturated carbocycles. The van der Waals surface area contributed by atoms with Crippen LogP contribution in [0, 0.1) is 0 Å². The van der Waals surface area contributed by atoms with Crippen molar-refractivity contribution < 1.29 is 0 Å². The normalized spacial score (nSPS) is 11.3. The fourth-order valence-electron chi connectivity index (χ4n) is 1.63. The van der Waals surface area contributed by atoms with Crippen molar-refractivity contribution in [1.82, 2.24) is 9.97 Å². The molecular formula is C14H18N4. The zero-order valence-electron chi connectivity index (χ0n) is 10.9. The van der Waals surface area contributed by atoms with Gasteiger partial charge in [0, 0.05) is 17.2 Å².